The first-order chi connectivity index (χ1) is 18.0. The maximum absolute atomic E-state index is 3.60. The molecule has 0 amide bonds. The van der Waals surface area contributed by atoms with Gasteiger partial charge < -0.3 is 4.90 Å². The summed E-state index contributed by atoms with van der Waals surface area (Å²) in [6.45, 7) is 2.24. The van der Waals surface area contributed by atoms with E-state index in [0.717, 1.165) is 44.0 Å². The van der Waals surface area contributed by atoms with Crippen LogP contribution in [0.4, 0.5) is 17.1 Å². The van der Waals surface area contributed by atoms with Crippen LogP contribution in [0.1, 0.15) is 60.6 Å². The molecule has 2 fully saturated rings. The molecule has 2 unspecified atom stereocenters. The van der Waals surface area contributed by atoms with Crippen molar-refractivity contribution in [3.8, 4) is 11.1 Å². The van der Waals surface area contributed by atoms with Crippen molar-refractivity contribution in [2.45, 2.75) is 50.9 Å². The van der Waals surface area contributed by atoms with Crippen molar-refractivity contribution in [3.63, 3.8) is 0 Å². The highest BCUT2D eigenvalue weighted by Gasteiger charge is 2.42. The van der Waals surface area contributed by atoms with Crippen LogP contribution in [-0.4, -0.2) is 0 Å². The van der Waals surface area contributed by atoms with Crippen LogP contribution in [0.2, 0.25) is 0 Å². The smallest absolute Gasteiger partial charge is 0.0491 e. The molecule has 1 nitrogen and oxygen atoms in total. The highest BCUT2D eigenvalue weighted by atomic mass is 79.9. The van der Waals surface area contributed by atoms with Crippen molar-refractivity contribution in [1.29, 1.82) is 0 Å². The van der Waals surface area contributed by atoms with Gasteiger partial charge in [-0.05, 0) is 151 Å². The maximum Gasteiger partial charge on any atom is 0.0491 e. The largest absolute Gasteiger partial charge is 0.310 e. The molecule has 0 spiro atoms. The van der Waals surface area contributed by atoms with Gasteiger partial charge in [-0.15, -0.1) is 0 Å². The molecule has 0 N–H and O–H groups in total. The Bertz CT molecular complexity index is 1400. The van der Waals surface area contributed by atoms with Gasteiger partial charge in [0.2, 0.25) is 0 Å². The number of halogens is 2. The van der Waals surface area contributed by atoms with Crippen LogP contribution in [0.15, 0.2) is 93.9 Å². The summed E-state index contributed by atoms with van der Waals surface area (Å²) in [7, 11) is 0. The van der Waals surface area contributed by atoms with Crippen LogP contribution in [0, 0.1) is 18.8 Å². The summed E-state index contributed by atoms with van der Waals surface area (Å²) in [4.78, 5) is 2.35. The topological polar surface area (TPSA) is 3.24 Å². The van der Waals surface area contributed by atoms with Crippen LogP contribution in [0.5, 0.6) is 0 Å². The zero-order chi connectivity index (χ0) is 25.1. The van der Waals surface area contributed by atoms with Crippen LogP contribution < -0.4 is 4.90 Å². The molecule has 2 saturated carbocycles. The van der Waals surface area contributed by atoms with Crippen molar-refractivity contribution in [2.24, 2.45) is 11.8 Å². The summed E-state index contributed by atoms with van der Waals surface area (Å²) in [6, 6.07) is 31.6. The first-order valence-corrected chi connectivity index (χ1v) is 15.2. The van der Waals surface area contributed by atoms with Gasteiger partial charge in [0.15, 0.2) is 0 Å². The molecule has 0 saturated heterocycles. The maximum atomic E-state index is 3.60. The van der Waals surface area contributed by atoms with Crippen LogP contribution in [0.25, 0.3) is 11.1 Å². The Morgan fingerprint density at radius 2 is 1.08 bits per heavy atom. The number of anilines is 3. The molecule has 4 aliphatic rings. The summed E-state index contributed by atoms with van der Waals surface area (Å²) in [6.07, 6.45) is 7.17. The summed E-state index contributed by atoms with van der Waals surface area (Å²) in [5.41, 5.74) is 10.8. The predicted molar refractivity (Wildman–Crippen MR) is 162 cm³/mol. The molecule has 186 valence electrons. The average Bonchev–Trinajstić information content (AvgIpc) is 3.07. The Morgan fingerprint density at radius 1 is 0.568 bits per heavy atom. The van der Waals surface area contributed by atoms with Gasteiger partial charge in [-0.2, -0.15) is 0 Å². The molecule has 8 rings (SSSR count). The molecule has 4 aromatic rings. The number of hydrogen-bond acceptors (Lipinski definition) is 1. The third-order valence-corrected chi connectivity index (χ3v) is 10.1. The van der Waals surface area contributed by atoms with Gasteiger partial charge >= 0.3 is 0 Å². The SMILES string of the molecule is Cc1cc(-c2ccc3c(c2)C2CC4CC(CC3C4)C2)ccc1N(c1ccc(Br)cc1)c1ccc(Br)cc1. The van der Waals surface area contributed by atoms with Crippen molar-refractivity contribution >= 4 is 48.9 Å². The van der Waals surface area contributed by atoms with Crippen LogP contribution in [-0.2, 0) is 0 Å². The second-order valence-corrected chi connectivity index (χ2v) is 13.3. The van der Waals surface area contributed by atoms with Crippen LogP contribution in [0.3, 0.4) is 0 Å². The monoisotopic (exact) mass is 611 g/mol. The Hall–Kier alpha value is -2.36. The zero-order valence-corrected chi connectivity index (χ0v) is 24.3. The van der Waals surface area contributed by atoms with Gasteiger partial charge in [0, 0.05) is 26.0 Å². The quantitative estimate of drug-likeness (QED) is 0.221. The van der Waals surface area contributed by atoms with Gasteiger partial charge in [-0.3, -0.25) is 0 Å². The lowest BCUT2D eigenvalue weighted by Crippen LogP contribution is -2.25. The lowest BCUT2D eigenvalue weighted by molar-refractivity contribution is 0.166. The van der Waals surface area contributed by atoms with E-state index in [-0.39, 0.29) is 0 Å². The average molecular weight is 613 g/mol. The fourth-order valence-electron chi connectivity index (χ4n) is 7.53. The Balaban J connectivity index is 1.27. The summed E-state index contributed by atoms with van der Waals surface area (Å²) < 4.78 is 2.17. The van der Waals surface area contributed by atoms with Gasteiger partial charge in [0.05, 0.1) is 0 Å². The first kappa shape index (κ1) is 23.7. The fraction of sp³-hybridized carbons (Fsp3) is 0.294. The zero-order valence-electron chi connectivity index (χ0n) is 21.1. The molecule has 4 aliphatic carbocycles. The Morgan fingerprint density at radius 3 is 1.65 bits per heavy atom. The van der Waals surface area contributed by atoms with E-state index in [2.05, 4.69) is 129 Å². The molecule has 4 aromatic carbocycles. The fourth-order valence-corrected chi connectivity index (χ4v) is 8.06. The number of rotatable bonds is 4. The first-order valence-electron chi connectivity index (χ1n) is 13.6. The molecule has 0 aromatic heterocycles. The molecule has 0 aliphatic heterocycles. The number of benzene rings is 4. The number of nitrogens with zero attached hydrogens (tertiary/aromatic N) is 1. The van der Waals surface area contributed by atoms with E-state index >= 15 is 0 Å². The van der Waals surface area contributed by atoms with E-state index in [9.17, 15) is 0 Å². The molecular weight excluding hydrogens is 582 g/mol. The van der Waals surface area contributed by atoms with E-state index in [1.165, 1.54) is 54.5 Å². The summed E-state index contributed by atoms with van der Waals surface area (Å²) >= 11 is 7.19. The van der Waals surface area contributed by atoms with Crippen molar-refractivity contribution in [3.05, 3.63) is 111 Å². The standard InChI is InChI=1S/C34H31Br2N/c1-21-14-24(25-2-12-32-26-16-22-15-23(17-26)19-27(18-22)33(32)20-25)3-13-34(21)37(30-8-4-28(35)5-9-30)31-10-6-29(36)7-11-31/h2-14,20,22-23,26-27H,15-19H2,1H3. The van der Waals surface area contributed by atoms with E-state index in [4.69, 9.17) is 0 Å². The van der Waals surface area contributed by atoms with Crippen molar-refractivity contribution < 1.29 is 0 Å². The second-order valence-electron chi connectivity index (χ2n) is 11.4. The third-order valence-electron chi connectivity index (χ3n) is 9.05. The molecule has 4 bridgehead atoms. The van der Waals surface area contributed by atoms with Crippen molar-refractivity contribution in [2.75, 3.05) is 4.90 Å². The minimum atomic E-state index is 0.775. The molecular formula is C34H31Br2N. The van der Waals surface area contributed by atoms with Gasteiger partial charge in [-0.25, -0.2) is 0 Å². The highest BCUT2D eigenvalue weighted by molar-refractivity contribution is 9.10. The Kier molecular flexibility index (Phi) is 6.05. The molecule has 2 atom stereocenters. The van der Waals surface area contributed by atoms with Gasteiger partial charge in [0.25, 0.3) is 0 Å². The van der Waals surface area contributed by atoms with E-state index in [1.54, 1.807) is 11.1 Å². The minimum Gasteiger partial charge on any atom is -0.310 e. The normalized spacial score (nSPS) is 23.5. The summed E-state index contributed by atoms with van der Waals surface area (Å²) in [5.74, 6) is 3.50. The summed E-state index contributed by atoms with van der Waals surface area (Å²) in [5, 5.41) is 0. The second kappa shape index (κ2) is 9.43. The number of hydrogen-bond donors (Lipinski definition) is 0. The molecule has 3 heteroatoms. The molecule has 37 heavy (non-hydrogen) atoms. The van der Waals surface area contributed by atoms with E-state index in [0.29, 0.717) is 0 Å². The van der Waals surface area contributed by atoms with E-state index < -0.39 is 0 Å². The number of aryl methyl sites for hydroxylation is 1. The lowest BCUT2D eigenvalue weighted by atomic mass is 9.67. The van der Waals surface area contributed by atoms with Gasteiger partial charge in [0.1, 0.15) is 0 Å². The molecule has 0 radical (unpaired) electrons. The Labute approximate surface area is 237 Å². The highest BCUT2D eigenvalue weighted by Crippen LogP contribution is 2.56. The van der Waals surface area contributed by atoms with E-state index in [1.807, 2.05) is 0 Å². The lowest BCUT2D eigenvalue weighted by Gasteiger charge is -2.38. The van der Waals surface area contributed by atoms with Gasteiger partial charge in [-0.1, -0.05) is 56.1 Å². The third kappa shape index (κ3) is 4.38. The van der Waals surface area contributed by atoms with Crippen LogP contribution >= 0.6 is 31.9 Å². The predicted octanol–water partition coefficient (Wildman–Crippen LogP) is 11.0. The minimum absolute atomic E-state index is 0.775. The van der Waals surface area contributed by atoms with Crippen molar-refractivity contribution in [1.82, 2.24) is 0 Å². The molecule has 0 heterocycles.